The number of aromatic hydroxyl groups is 1. The first-order valence-corrected chi connectivity index (χ1v) is 4.32. The number of hydrogen-bond donors (Lipinski definition) is 2. The second kappa shape index (κ2) is 4.07. The number of phenols is 1. The Bertz CT molecular complexity index is 455. The highest BCUT2D eigenvalue weighted by Gasteiger charge is 2.06. The average molecular weight is 206 g/mol. The molecule has 1 aromatic carbocycles. The number of hydrogen-bond acceptors (Lipinski definition) is 5. The Hall–Kier alpha value is -1.92. The lowest BCUT2D eigenvalue weighted by Crippen LogP contribution is -2.06. The van der Waals surface area contributed by atoms with Crippen LogP contribution in [0.3, 0.4) is 0 Å². The van der Waals surface area contributed by atoms with Crippen molar-refractivity contribution in [1.29, 1.82) is 0 Å². The molecule has 0 radical (unpaired) electrons. The van der Waals surface area contributed by atoms with Gasteiger partial charge >= 0.3 is 0 Å². The van der Waals surface area contributed by atoms with E-state index in [1.165, 1.54) is 0 Å². The van der Waals surface area contributed by atoms with E-state index in [0.29, 0.717) is 11.4 Å². The summed E-state index contributed by atoms with van der Waals surface area (Å²) < 4.78 is 1.55. The minimum absolute atomic E-state index is 0.169. The summed E-state index contributed by atoms with van der Waals surface area (Å²) in [4.78, 5) is 4.52. The Kier molecular flexibility index (Phi) is 2.61. The van der Waals surface area contributed by atoms with Crippen molar-refractivity contribution in [2.24, 2.45) is 5.90 Å². The molecule has 0 saturated heterocycles. The highest BCUT2D eigenvalue weighted by atomic mass is 16.6. The minimum Gasteiger partial charge on any atom is -0.508 e. The van der Waals surface area contributed by atoms with Crippen LogP contribution in [0.1, 0.15) is 5.69 Å². The third kappa shape index (κ3) is 1.95. The molecule has 0 aliphatic heterocycles. The van der Waals surface area contributed by atoms with E-state index in [1.807, 2.05) is 0 Å². The summed E-state index contributed by atoms with van der Waals surface area (Å²) in [6.07, 6.45) is 1.55. The maximum atomic E-state index is 9.32. The summed E-state index contributed by atoms with van der Waals surface area (Å²) in [5.41, 5.74) is 1.42. The Balaban J connectivity index is 2.40. The normalized spacial score (nSPS) is 10.5. The molecule has 2 rings (SSSR count). The molecule has 0 atom stereocenters. The van der Waals surface area contributed by atoms with Crippen molar-refractivity contribution in [1.82, 2.24) is 15.0 Å². The molecule has 1 heterocycles. The van der Waals surface area contributed by atoms with Crippen LogP contribution in [-0.4, -0.2) is 20.1 Å². The average Bonchev–Trinajstić information content (AvgIpc) is 2.66. The summed E-state index contributed by atoms with van der Waals surface area (Å²) in [5, 5.41) is 16.9. The first kappa shape index (κ1) is 9.63. The van der Waals surface area contributed by atoms with E-state index in [9.17, 15) is 5.11 Å². The smallest absolute Gasteiger partial charge is 0.117 e. The van der Waals surface area contributed by atoms with E-state index in [1.54, 1.807) is 35.1 Å². The molecule has 6 heteroatoms. The van der Waals surface area contributed by atoms with Gasteiger partial charge in [-0.3, -0.25) is 4.84 Å². The van der Waals surface area contributed by atoms with Crippen LogP contribution in [0.15, 0.2) is 30.5 Å². The molecule has 0 aliphatic carbocycles. The molecule has 1 aromatic heterocycles. The Morgan fingerprint density at radius 1 is 1.47 bits per heavy atom. The van der Waals surface area contributed by atoms with Gasteiger partial charge in [0.05, 0.1) is 17.6 Å². The second-order valence-corrected chi connectivity index (χ2v) is 2.97. The molecule has 2 aromatic rings. The van der Waals surface area contributed by atoms with Gasteiger partial charge in [-0.2, -0.15) is 0 Å². The van der Waals surface area contributed by atoms with Crippen LogP contribution in [0.25, 0.3) is 5.69 Å². The molecular formula is C9H10N4O2. The largest absolute Gasteiger partial charge is 0.508 e. The number of rotatable bonds is 3. The fourth-order valence-corrected chi connectivity index (χ4v) is 1.28. The van der Waals surface area contributed by atoms with Gasteiger partial charge in [-0.05, 0) is 12.1 Å². The van der Waals surface area contributed by atoms with Gasteiger partial charge in [0, 0.05) is 6.07 Å². The van der Waals surface area contributed by atoms with Crippen molar-refractivity contribution >= 4 is 0 Å². The van der Waals surface area contributed by atoms with E-state index < -0.39 is 0 Å². The number of aromatic nitrogens is 3. The third-order valence-electron chi connectivity index (χ3n) is 1.93. The van der Waals surface area contributed by atoms with Crippen molar-refractivity contribution in [2.75, 3.05) is 0 Å². The highest BCUT2D eigenvalue weighted by Crippen LogP contribution is 2.15. The second-order valence-electron chi connectivity index (χ2n) is 2.97. The summed E-state index contributed by atoms with van der Waals surface area (Å²) in [5.74, 6) is 5.15. The van der Waals surface area contributed by atoms with Crippen LogP contribution < -0.4 is 5.90 Å². The SMILES string of the molecule is NOCc1cnnn1-c1cccc(O)c1. The van der Waals surface area contributed by atoms with Crippen LogP contribution in [-0.2, 0) is 11.4 Å². The standard InChI is InChI=1S/C9H10N4O2/c10-15-6-8-5-11-12-13(8)7-2-1-3-9(14)4-7/h1-5,14H,6,10H2. The topological polar surface area (TPSA) is 86.2 Å². The van der Waals surface area contributed by atoms with Crippen LogP contribution in [0.4, 0.5) is 0 Å². The van der Waals surface area contributed by atoms with Gasteiger partial charge in [-0.1, -0.05) is 11.3 Å². The van der Waals surface area contributed by atoms with Gasteiger partial charge in [0.25, 0.3) is 0 Å². The molecule has 3 N–H and O–H groups in total. The summed E-state index contributed by atoms with van der Waals surface area (Å²) in [7, 11) is 0. The lowest BCUT2D eigenvalue weighted by molar-refractivity contribution is 0.119. The van der Waals surface area contributed by atoms with Gasteiger partial charge in [0.2, 0.25) is 0 Å². The van der Waals surface area contributed by atoms with Crippen molar-refractivity contribution in [3.8, 4) is 11.4 Å². The van der Waals surface area contributed by atoms with Gasteiger partial charge in [-0.25, -0.2) is 10.6 Å². The van der Waals surface area contributed by atoms with Gasteiger partial charge in [0.1, 0.15) is 12.4 Å². The zero-order valence-electron chi connectivity index (χ0n) is 7.87. The maximum absolute atomic E-state index is 9.32. The molecule has 78 valence electrons. The fourth-order valence-electron chi connectivity index (χ4n) is 1.28. The number of nitrogens with two attached hydrogens (primary N) is 1. The van der Waals surface area contributed by atoms with E-state index in [-0.39, 0.29) is 12.4 Å². The van der Waals surface area contributed by atoms with Crippen LogP contribution in [0, 0.1) is 0 Å². The first-order valence-electron chi connectivity index (χ1n) is 4.32. The minimum atomic E-state index is 0.169. The molecular weight excluding hydrogens is 196 g/mol. The molecule has 6 nitrogen and oxygen atoms in total. The maximum Gasteiger partial charge on any atom is 0.117 e. The van der Waals surface area contributed by atoms with Crippen molar-refractivity contribution < 1.29 is 9.94 Å². The molecule has 0 spiro atoms. The third-order valence-corrected chi connectivity index (χ3v) is 1.93. The van der Waals surface area contributed by atoms with E-state index >= 15 is 0 Å². The monoisotopic (exact) mass is 206 g/mol. The lowest BCUT2D eigenvalue weighted by atomic mass is 10.3. The van der Waals surface area contributed by atoms with Gasteiger partial charge < -0.3 is 5.11 Å². The summed E-state index contributed by atoms with van der Waals surface area (Å²) in [6, 6.07) is 6.68. The predicted molar refractivity (Wildman–Crippen MR) is 52.0 cm³/mol. The molecule has 0 amide bonds. The Morgan fingerprint density at radius 3 is 3.07 bits per heavy atom. The van der Waals surface area contributed by atoms with Crippen LogP contribution in [0.2, 0.25) is 0 Å². The Morgan fingerprint density at radius 2 is 2.33 bits per heavy atom. The summed E-state index contributed by atoms with van der Waals surface area (Å²) >= 11 is 0. The molecule has 0 bridgehead atoms. The van der Waals surface area contributed by atoms with Crippen molar-refractivity contribution in [3.63, 3.8) is 0 Å². The first-order chi connectivity index (χ1) is 7.31. The molecule has 0 aliphatic rings. The van der Waals surface area contributed by atoms with E-state index in [4.69, 9.17) is 5.90 Å². The molecule has 0 fully saturated rings. The highest BCUT2D eigenvalue weighted by molar-refractivity contribution is 5.38. The summed E-state index contributed by atoms with van der Waals surface area (Å²) in [6.45, 7) is 0.211. The molecule has 0 unspecified atom stereocenters. The number of benzene rings is 1. The zero-order valence-corrected chi connectivity index (χ0v) is 7.87. The van der Waals surface area contributed by atoms with E-state index in [2.05, 4.69) is 15.1 Å². The van der Waals surface area contributed by atoms with Crippen LogP contribution in [0.5, 0.6) is 5.75 Å². The zero-order chi connectivity index (χ0) is 10.7. The predicted octanol–water partition coefficient (Wildman–Crippen LogP) is 0.363. The van der Waals surface area contributed by atoms with Crippen molar-refractivity contribution in [3.05, 3.63) is 36.2 Å². The number of phenolic OH excluding ortho intramolecular Hbond substituents is 1. The van der Waals surface area contributed by atoms with Crippen molar-refractivity contribution in [2.45, 2.75) is 6.61 Å². The van der Waals surface area contributed by atoms with Gasteiger partial charge in [-0.15, -0.1) is 5.10 Å². The quantitative estimate of drug-likeness (QED) is 0.708. The number of nitrogens with zero attached hydrogens (tertiary/aromatic N) is 3. The molecule has 15 heavy (non-hydrogen) atoms. The van der Waals surface area contributed by atoms with E-state index in [0.717, 1.165) is 0 Å². The van der Waals surface area contributed by atoms with Gasteiger partial charge in [0.15, 0.2) is 0 Å². The fraction of sp³-hybridized carbons (Fsp3) is 0.111. The molecule has 0 saturated carbocycles. The lowest BCUT2D eigenvalue weighted by Gasteiger charge is -2.04. The Labute approximate surface area is 85.9 Å². The van der Waals surface area contributed by atoms with Crippen LogP contribution >= 0.6 is 0 Å².